The fraction of sp³-hybridized carbons (Fsp3) is 0.391. The molecule has 2 aromatic rings. The second-order valence-electron chi connectivity index (χ2n) is 8.87. The van der Waals surface area contributed by atoms with Crippen LogP contribution in [0, 0.1) is 5.92 Å². The van der Waals surface area contributed by atoms with E-state index in [0.717, 1.165) is 6.41 Å². The Kier molecular flexibility index (Phi) is 5.51. The molecule has 164 valence electrons. The number of anilines is 3. The van der Waals surface area contributed by atoms with Crippen molar-refractivity contribution in [3.8, 4) is 0 Å². The third-order valence-corrected chi connectivity index (χ3v) is 9.06. The van der Waals surface area contributed by atoms with Gasteiger partial charge in [0.15, 0.2) is 13.9 Å². The molecule has 0 radical (unpaired) electrons. The number of hydrogen-bond acceptors (Lipinski definition) is 5. The highest BCUT2D eigenvalue weighted by Crippen LogP contribution is 2.58. The smallest absolute Gasteiger partial charge is 0.261 e. The van der Waals surface area contributed by atoms with E-state index in [0.29, 0.717) is 29.0 Å². The lowest BCUT2D eigenvalue weighted by atomic mass is 9.82. The zero-order chi connectivity index (χ0) is 22.4. The zero-order valence-electron chi connectivity index (χ0n) is 17.9. The average molecular weight is 441 g/mol. The van der Waals surface area contributed by atoms with E-state index in [4.69, 9.17) is 4.74 Å². The van der Waals surface area contributed by atoms with Gasteiger partial charge in [0.1, 0.15) is 0 Å². The molecule has 4 rings (SSSR count). The van der Waals surface area contributed by atoms with E-state index in [1.807, 2.05) is 56.4 Å². The summed E-state index contributed by atoms with van der Waals surface area (Å²) < 4.78 is 6.41. The maximum atomic E-state index is 13.3. The summed E-state index contributed by atoms with van der Waals surface area (Å²) in [7, 11) is -2.71. The highest BCUT2D eigenvalue weighted by atomic mass is 28.4. The second-order valence-corrected chi connectivity index (χ2v) is 12.8. The molecule has 1 saturated heterocycles. The minimum Gasteiger partial charge on any atom is -0.432 e. The molecular formula is C23H28N2O5Si. The van der Waals surface area contributed by atoms with Crippen molar-refractivity contribution in [2.75, 3.05) is 16.8 Å². The Morgan fingerprint density at radius 3 is 2.52 bits per heavy atom. The standard InChI is InChI=1S/C23H28N2O5Si/c1-15-21(31(2,3)29)20(11-12-26)30-23(15)18-13-17(9-10-19(18)24-22(23)28)25(14-27)16-7-5-4-6-8-16/h4-10,13-15,20-21,26,29H,11-12H2,1-3H3,(H,24,28)/t15-,20+,21-,23+/m0/s1. The minimum absolute atomic E-state index is 0.0874. The Morgan fingerprint density at radius 1 is 1.19 bits per heavy atom. The molecule has 1 fully saturated rings. The predicted octanol–water partition coefficient (Wildman–Crippen LogP) is 3.11. The van der Waals surface area contributed by atoms with Crippen molar-refractivity contribution in [1.82, 2.24) is 0 Å². The third kappa shape index (κ3) is 3.40. The normalized spacial score (nSPS) is 27.3. The largest absolute Gasteiger partial charge is 0.432 e. The summed E-state index contributed by atoms with van der Waals surface area (Å²) in [5.41, 5.74) is 1.14. The summed E-state index contributed by atoms with van der Waals surface area (Å²) in [6, 6.07) is 14.6. The number of hydrogen-bond donors (Lipinski definition) is 3. The highest BCUT2D eigenvalue weighted by Gasteiger charge is 2.64. The molecule has 2 aliphatic rings. The van der Waals surface area contributed by atoms with E-state index in [2.05, 4.69) is 5.32 Å². The van der Waals surface area contributed by atoms with Gasteiger partial charge in [0.2, 0.25) is 6.41 Å². The lowest BCUT2D eigenvalue weighted by Gasteiger charge is -2.32. The van der Waals surface area contributed by atoms with Crippen LogP contribution in [-0.2, 0) is 19.9 Å². The minimum atomic E-state index is -2.71. The summed E-state index contributed by atoms with van der Waals surface area (Å²) in [6.45, 7) is 5.53. The predicted molar refractivity (Wildman–Crippen MR) is 121 cm³/mol. The molecule has 4 atom stereocenters. The quantitative estimate of drug-likeness (QED) is 0.474. The second kappa shape index (κ2) is 7.87. The molecule has 0 unspecified atom stereocenters. The van der Waals surface area contributed by atoms with Crippen LogP contribution in [0.5, 0.6) is 0 Å². The molecule has 0 saturated carbocycles. The van der Waals surface area contributed by atoms with Crippen molar-refractivity contribution in [3.63, 3.8) is 0 Å². The summed E-state index contributed by atoms with van der Waals surface area (Å²) >= 11 is 0. The molecule has 7 nitrogen and oxygen atoms in total. The van der Waals surface area contributed by atoms with Crippen LogP contribution < -0.4 is 10.2 Å². The van der Waals surface area contributed by atoms with E-state index in [9.17, 15) is 19.5 Å². The van der Waals surface area contributed by atoms with Gasteiger partial charge in [-0.3, -0.25) is 14.5 Å². The Hall–Kier alpha value is -2.52. The van der Waals surface area contributed by atoms with Crippen molar-refractivity contribution < 1.29 is 24.2 Å². The Balaban J connectivity index is 1.82. The Morgan fingerprint density at radius 2 is 1.90 bits per heavy atom. The van der Waals surface area contributed by atoms with Crippen LogP contribution in [0.1, 0.15) is 18.9 Å². The summed E-state index contributed by atoms with van der Waals surface area (Å²) in [5, 5.41) is 12.5. The number of nitrogens with zero attached hydrogens (tertiary/aromatic N) is 1. The topological polar surface area (TPSA) is 99.1 Å². The number of carbonyl (C=O) groups is 2. The number of para-hydroxylation sites is 1. The Bertz CT molecular complexity index is 993. The first-order valence-electron chi connectivity index (χ1n) is 10.5. The summed E-state index contributed by atoms with van der Waals surface area (Å²) in [5.74, 6) is -0.568. The first-order valence-corrected chi connectivity index (χ1v) is 13.5. The third-order valence-electron chi connectivity index (χ3n) is 6.55. The molecule has 0 aliphatic carbocycles. The molecule has 2 aliphatic heterocycles. The molecule has 0 bridgehead atoms. The van der Waals surface area contributed by atoms with Crippen LogP contribution in [0.3, 0.4) is 0 Å². The SMILES string of the molecule is C[C@H]1[C@H]([Si](C)(C)O)[C@@H](CCO)O[C@]12C(=O)Nc1ccc(N(C=O)c3ccccc3)cc12. The van der Waals surface area contributed by atoms with E-state index in [-0.39, 0.29) is 24.0 Å². The van der Waals surface area contributed by atoms with Crippen molar-refractivity contribution >= 4 is 37.7 Å². The van der Waals surface area contributed by atoms with Crippen LogP contribution in [0.15, 0.2) is 48.5 Å². The van der Waals surface area contributed by atoms with Gasteiger partial charge >= 0.3 is 0 Å². The van der Waals surface area contributed by atoms with Gasteiger partial charge in [-0.1, -0.05) is 25.1 Å². The number of carbonyl (C=O) groups excluding carboxylic acids is 2. The first kappa shape index (κ1) is 21.7. The van der Waals surface area contributed by atoms with E-state index in [1.54, 1.807) is 12.1 Å². The van der Waals surface area contributed by atoms with Crippen LogP contribution in [0.2, 0.25) is 18.6 Å². The number of fused-ring (bicyclic) bond motifs is 2. The van der Waals surface area contributed by atoms with Gasteiger partial charge < -0.3 is 20.0 Å². The summed E-state index contributed by atoms with van der Waals surface area (Å²) in [6.07, 6.45) is 0.664. The zero-order valence-corrected chi connectivity index (χ0v) is 18.9. The van der Waals surface area contributed by atoms with Gasteiger partial charge in [-0.05, 0) is 49.8 Å². The molecule has 1 spiro atoms. The van der Waals surface area contributed by atoms with Gasteiger partial charge in [0.25, 0.3) is 5.91 Å². The lowest BCUT2D eigenvalue weighted by molar-refractivity contribution is -0.143. The van der Waals surface area contributed by atoms with Crippen molar-refractivity contribution in [2.45, 2.75) is 43.7 Å². The fourth-order valence-corrected chi connectivity index (χ4v) is 7.89. The van der Waals surface area contributed by atoms with E-state index < -0.39 is 20.0 Å². The van der Waals surface area contributed by atoms with Crippen molar-refractivity contribution in [1.29, 1.82) is 0 Å². The lowest BCUT2D eigenvalue weighted by Crippen LogP contribution is -2.43. The average Bonchev–Trinajstić information content (AvgIpc) is 3.18. The van der Waals surface area contributed by atoms with Crippen LogP contribution in [-0.4, -0.2) is 43.2 Å². The van der Waals surface area contributed by atoms with E-state index in [1.165, 1.54) is 4.90 Å². The molecule has 2 amide bonds. The molecule has 2 heterocycles. The van der Waals surface area contributed by atoms with Crippen LogP contribution >= 0.6 is 0 Å². The summed E-state index contributed by atoms with van der Waals surface area (Å²) in [4.78, 5) is 37.7. The van der Waals surface area contributed by atoms with Gasteiger partial charge in [0.05, 0.1) is 6.10 Å². The number of amides is 2. The molecule has 8 heteroatoms. The van der Waals surface area contributed by atoms with Gasteiger partial charge in [-0.25, -0.2) is 0 Å². The number of ether oxygens (including phenoxy) is 1. The van der Waals surface area contributed by atoms with Crippen molar-refractivity contribution in [3.05, 3.63) is 54.1 Å². The van der Waals surface area contributed by atoms with Crippen LogP contribution in [0.4, 0.5) is 17.1 Å². The van der Waals surface area contributed by atoms with Gasteiger partial charge in [-0.2, -0.15) is 0 Å². The van der Waals surface area contributed by atoms with Gasteiger partial charge in [-0.15, -0.1) is 0 Å². The number of aliphatic hydroxyl groups is 1. The molecule has 31 heavy (non-hydrogen) atoms. The van der Waals surface area contributed by atoms with E-state index >= 15 is 0 Å². The highest BCUT2D eigenvalue weighted by molar-refractivity contribution is 6.71. The van der Waals surface area contributed by atoms with Crippen LogP contribution in [0.25, 0.3) is 0 Å². The first-order chi connectivity index (χ1) is 14.7. The monoisotopic (exact) mass is 440 g/mol. The van der Waals surface area contributed by atoms with Gasteiger partial charge in [0, 0.05) is 40.7 Å². The molecular weight excluding hydrogens is 412 g/mol. The molecule has 0 aromatic heterocycles. The molecule has 3 N–H and O–H groups in total. The number of aliphatic hydroxyl groups excluding tert-OH is 1. The molecule has 2 aromatic carbocycles. The maximum absolute atomic E-state index is 13.3. The number of benzene rings is 2. The van der Waals surface area contributed by atoms with Crippen molar-refractivity contribution in [2.24, 2.45) is 5.92 Å². The fourth-order valence-electron chi connectivity index (χ4n) is 5.29. The maximum Gasteiger partial charge on any atom is 0.261 e. The Labute approximate surface area is 182 Å². The number of nitrogens with one attached hydrogen (secondary N) is 1. The number of rotatable bonds is 6.